The molecule has 1 amide bonds. The minimum absolute atomic E-state index is 0.0465. The minimum atomic E-state index is -0.671. The number of carbonyl (C=O) groups is 1. The maximum Gasteiger partial charge on any atom is 0.349 e. The van der Waals surface area contributed by atoms with Gasteiger partial charge in [-0.25, -0.2) is 4.79 Å². The van der Waals surface area contributed by atoms with Crippen molar-refractivity contribution >= 4 is 39.9 Å². The van der Waals surface area contributed by atoms with Crippen LogP contribution in [0.15, 0.2) is 51.7 Å². The van der Waals surface area contributed by atoms with Gasteiger partial charge in [-0.2, -0.15) is 0 Å². The van der Waals surface area contributed by atoms with Crippen LogP contribution in [0.2, 0.25) is 5.02 Å². The summed E-state index contributed by atoms with van der Waals surface area (Å²) < 4.78 is 5.41. The molecule has 0 spiro atoms. The Kier molecular flexibility index (Phi) is 5.51. The van der Waals surface area contributed by atoms with Gasteiger partial charge >= 0.3 is 5.63 Å². The van der Waals surface area contributed by atoms with Crippen molar-refractivity contribution in [2.75, 3.05) is 23.3 Å². The molecule has 3 rings (SSSR count). The van der Waals surface area contributed by atoms with Crippen LogP contribution in [0.5, 0.6) is 0 Å². The number of rotatable bonds is 5. The Morgan fingerprint density at radius 3 is 2.52 bits per heavy atom. The Labute approximate surface area is 162 Å². The third-order valence-corrected chi connectivity index (χ3v) is 4.93. The van der Waals surface area contributed by atoms with Crippen LogP contribution < -0.4 is 15.8 Å². The first-order valence-corrected chi connectivity index (χ1v) is 9.21. The Hall–Kier alpha value is -2.79. The molecule has 6 heteroatoms. The summed E-state index contributed by atoms with van der Waals surface area (Å²) >= 11 is 6.08. The van der Waals surface area contributed by atoms with E-state index < -0.39 is 11.5 Å². The minimum Gasteiger partial charge on any atom is -0.422 e. The zero-order valence-electron chi connectivity index (χ0n) is 15.5. The van der Waals surface area contributed by atoms with Gasteiger partial charge in [0.2, 0.25) is 0 Å². The van der Waals surface area contributed by atoms with Crippen molar-refractivity contribution in [1.82, 2.24) is 0 Å². The fourth-order valence-electron chi connectivity index (χ4n) is 2.91. The van der Waals surface area contributed by atoms with E-state index in [0.29, 0.717) is 21.7 Å². The summed E-state index contributed by atoms with van der Waals surface area (Å²) in [5.41, 5.74) is 2.14. The summed E-state index contributed by atoms with van der Waals surface area (Å²) in [4.78, 5) is 27.0. The first-order chi connectivity index (χ1) is 12.9. The number of hydrogen-bond donors (Lipinski definition) is 1. The van der Waals surface area contributed by atoms with Crippen LogP contribution in [0.25, 0.3) is 11.0 Å². The lowest BCUT2D eigenvalue weighted by Gasteiger charge is -2.21. The highest BCUT2D eigenvalue weighted by Crippen LogP contribution is 2.23. The number of nitrogens with one attached hydrogen (secondary N) is 1. The molecule has 0 aliphatic carbocycles. The van der Waals surface area contributed by atoms with Crippen molar-refractivity contribution < 1.29 is 9.21 Å². The normalized spacial score (nSPS) is 10.8. The van der Waals surface area contributed by atoms with Gasteiger partial charge in [0.05, 0.1) is 0 Å². The van der Waals surface area contributed by atoms with Crippen LogP contribution in [-0.4, -0.2) is 19.0 Å². The maximum absolute atomic E-state index is 12.5. The SMILES string of the molecule is CCN(CC)c1ccc2cc(C(=O)Nc3ccc(C)c(Cl)c3)c(=O)oc2c1. The van der Waals surface area contributed by atoms with E-state index in [4.69, 9.17) is 16.0 Å². The maximum atomic E-state index is 12.5. The molecule has 0 saturated carbocycles. The molecule has 0 saturated heterocycles. The smallest absolute Gasteiger partial charge is 0.349 e. The number of amides is 1. The van der Waals surface area contributed by atoms with Crippen molar-refractivity contribution in [3.8, 4) is 0 Å². The molecule has 0 fully saturated rings. The van der Waals surface area contributed by atoms with Gasteiger partial charge in [0.25, 0.3) is 5.91 Å². The van der Waals surface area contributed by atoms with Gasteiger partial charge in [0.15, 0.2) is 0 Å². The Bertz CT molecular complexity index is 1050. The predicted molar refractivity (Wildman–Crippen MR) is 110 cm³/mol. The number of anilines is 2. The fraction of sp³-hybridized carbons (Fsp3) is 0.238. The van der Waals surface area contributed by atoms with Crippen molar-refractivity contribution in [2.24, 2.45) is 0 Å². The number of benzene rings is 2. The Balaban J connectivity index is 1.93. The van der Waals surface area contributed by atoms with E-state index in [-0.39, 0.29) is 5.56 Å². The van der Waals surface area contributed by atoms with Gasteiger partial charge in [-0.1, -0.05) is 17.7 Å². The standard InChI is InChI=1S/C21H21ClN2O3/c1-4-24(5-2)16-9-7-14-10-17(21(26)27-19(14)12-16)20(25)23-15-8-6-13(3)18(22)11-15/h6-12H,4-5H2,1-3H3,(H,23,25). The number of carbonyl (C=O) groups excluding carboxylic acids is 1. The second kappa shape index (κ2) is 7.84. The zero-order chi connectivity index (χ0) is 19.6. The topological polar surface area (TPSA) is 62.6 Å². The molecule has 0 bridgehead atoms. The van der Waals surface area contributed by atoms with E-state index in [9.17, 15) is 9.59 Å². The lowest BCUT2D eigenvalue weighted by atomic mass is 10.1. The average molecular weight is 385 g/mol. The molecule has 0 radical (unpaired) electrons. The summed E-state index contributed by atoms with van der Waals surface area (Å²) in [7, 11) is 0. The van der Waals surface area contributed by atoms with Crippen molar-refractivity contribution in [3.63, 3.8) is 0 Å². The van der Waals surface area contributed by atoms with E-state index in [0.717, 1.165) is 24.3 Å². The molecule has 0 aliphatic rings. The van der Waals surface area contributed by atoms with Gasteiger partial charge in [-0.15, -0.1) is 0 Å². The molecule has 0 unspecified atom stereocenters. The molecule has 140 valence electrons. The number of hydrogen-bond acceptors (Lipinski definition) is 4. The van der Waals surface area contributed by atoms with E-state index in [1.165, 1.54) is 0 Å². The fourth-order valence-corrected chi connectivity index (χ4v) is 3.09. The second-order valence-electron chi connectivity index (χ2n) is 6.26. The van der Waals surface area contributed by atoms with E-state index >= 15 is 0 Å². The van der Waals surface area contributed by atoms with Crippen LogP contribution in [0, 0.1) is 6.92 Å². The number of nitrogens with zero attached hydrogens (tertiary/aromatic N) is 1. The molecule has 1 aromatic heterocycles. The number of fused-ring (bicyclic) bond motifs is 1. The quantitative estimate of drug-likeness (QED) is 0.638. The predicted octanol–water partition coefficient (Wildman–Crippen LogP) is 4.85. The summed E-state index contributed by atoms with van der Waals surface area (Å²) in [6.07, 6.45) is 0. The lowest BCUT2D eigenvalue weighted by Crippen LogP contribution is -2.22. The van der Waals surface area contributed by atoms with Crippen LogP contribution in [0.1, 0.15) is 29.8 Å². The molecule has 2 aromatic carbocycles. The summed E-state index contributed by atoms with van der Waals surface area (Å²) in [5, 5.41) is 3.92. The average Bonchev–Trinajstić information content (AvgIpc) is 2.65. The first kappa shape index (κ1) is 19.0. The van der Waals surface area contributed by atoms with Gasteiger partial charge in [-0.3, -0.25) is 4.79 Å². The van der Waals surface area contributed by atoms with E-state index in [1.54, 1.807) is 24.3 Å². The molecular formula is C21H21ClN2O3. The third-order valence-electron chi connectivity index (χ3n) is 4.52. The van der Waals surface area contributed by atoms with Crippen LogP contribution in [0.3, 0.4) is 0 Å². The highest BCUT2D eigenvalue weighted by molar-refractivity contribution is 6.31. The Morgan fingerprint density at radius 1 is 1.11 bits per heavy atom. The highest BCUT2D eigenvalue weighted by Gasteiger charge is 2.15. The monoisotopic (exact) mass is 384 g/mol. The molecule has 0 aliphatic heterocycles. The molecular weight excluding hydrogens is 364 g/mol. The number of halogens is 1. The molecule has 27 heavy (non-hydrogen) atoms. The van der Waals surface area contributed by atoms with E-state index in [2.05, 4.69) is 24.1 Å². The molecule has 0 atom stereocenters. The third kappa shape index (κ3) is 3.98. The summed E-state index contributed by atoms with van der Waals surface area (Å²) in [6, 6.07) is 12.4. The van der Waals surface area contributed by atoms with Crippen molar-refractivity contribution in [2.45, 2.75) is 20.8 Å². The summed E-state index contributed by atoms with van der Waals surface area (Å²) in [5.74, 6) is -0.529. The second-order valence-corrected chi connectivity index (χ2v) is 6.67. The van der Waals surface area contributed by atoms with Crippen LogP contribution in [0.4, 0.5) is 11.4 Å². The van der Waals surface area contributed by atoms with Gasteiger partial charge in [0.1, 0.15) is 11.1 Å². The van der Waals surface area contributed by atoms with Crippen molar-refractivity contribution in [3.05, 3.63) is 69.0 Å². The molecule has 1 heterocycles. The largest absolute Gasteiger partial charge is 0.422 e. The number of aryl methyl sites for hydroxylation is 1. The van der Waals surface area contributed by atoms with Crippen LogP contribution >= 0.6 is 11.6 Å². The molecule has 1 N–H and O–H groups in total. The van der Waals surface area contributed by atoms with Gasteiger partial charge in [-0.05, 0) is 56.7 Å². The van der Waals surface area contributed by atoms with Crippen LogP contribution in [-0.2, 0) is 0 Å². The Morgan fingerprint density at radius 2 is 1.85 bits per heavy atom. The van der Waals surface area contributed by atoms with Gasteiger partial charge < -0.3 is 14.6 Å². The molecule has 5 nitrogen and oxygen atoms in total. The summed E-state index contributed by atoms with van der Waals surface area (Å²) in [6.45, 7) is 7.71. The zero-order valence-corrected chi connectivity index (χ0v) is 16.3. The lowest BCUT2D eigenvalue weighted by molar-refractivity contribution is 0.102. The first-order valence-electron chi connectivity index (χ1n) is 8.83. The van der Waals surface area contributed by atoms with E-state index in [1.807, 2.05) is 25.1 Å². The van der Waals surface area contributed by atoms with Crippen molar-refractivity contribution in [1.29, 1.82) is 0 Å². The van der Waals surface area contributed by atoms with Gasteiger partial charge in [0, 0.05) is 40.9 Å². The highest BCUT2D eigenvalue weighted by atomic mass is 35.5. The molecule has 3 aromatic rings.